The van der Waals surface area contributed by atoms with Crippen molar-refractivity contribution in [3.05, 3.63) is 17.2 Å². The highest BCUT2D eigenvalue weighted by Crippen LogP contribution is 2.25. The van der Waals surface area contributed by atoms with Crippen molar-refractivity contribution in [2.45, 2.75) is 72.0 Å². The van der Waals surface area contributed by atoms with Crippen LogP contribution in [-0.2, 0) is 19.5 Å². The Morgan fingerprint density at radius 2 is 2.00 bits per heavy atom. The summed E-state index contributed by atoms with van der Waals surface area (Å²) in [6.45, 7) is 10.9. The molecule has 0 amide bonds. The Hall–Kier alpha value is -0.830. The molecule has 3 heteroatoms. The third-order valence-corrected chi connectivity index (χ3v) is 3.42. The minimum Gasteiger partial charge on any atom is -0.332 e. The first-order valence-corrected chi connectivity index (χ1v) is 6.91. The maximum Gasteiger partial charge on any atom is 0.111 e. The van der Waals surface area contributed by atoms with Gasteiger partial charge in [-0.1, -0.05) is 27.7 Å². The molecule has 1 aromatic heterocycles. The number of aromatic nitrogens is 2. The number of hydrogen-bond donors (Lipinski definition) is 1. The van der Waals surface area contributed by atoms with Gasteiger partial charge in [-0.15, -0.1) is 0 Å². The summed E-state index contributed by atoms with van der Waals surface area (Å²) in [5.41, 5.74) is 2.76. The molecular weight excluding hydrogens is 210 g/mol. The van der Waals surface area contributed by atoms with Gasteiger partial charge in [0, 0.05) is 30.7 Å². The highest BCUT2D eigenvalue weighted by atomic mass is 15.1. The fourth-order valence-corrected chi connectivity index (χ4v) is 2.53. The van der Waals surface area contributed by atoms with Gasteiger partial charge < -0.3 is 9.88 Å². The van der Waals surface area contributed by atoms with E-state index in [1.54, 1.807) is 0 Å². The lowest BCUT2D eigenvalue weighted by Gasteiger charge is -2.18. The predicted octanol–water partition coefficient (Wildman–Crippen LogP) is 2.84. The van der Waals surface area contributed by atoms with Crippen LogP contribution in [0.2, 0.25) is 0 Å². The zero-order valence-electron chi connectivity index (χ0n) is 11.6. The van der Waals surface area contributed by atoms with E-state index in [0.29, 0.717) is 12.0 Å². The second-order valence-electron chi connectivity index (χ2n) is 5.66. The third kappa shape index (κ3) is 2.71. The summed E-state index contributed by atoms with van der Waals surface area (Å²) in [7, 11) is 0. The van der Waals surface area contributed by atoms with Gasteiger partial charge in [0.25, 0.3) is 0 Å². The maximum atomic E-state index is 4.86. The number of imidazole rings is 1. The molecule has 0 aromatic carbocycles. The van der Waals surface area contributed by atoms with Crippen LogP contribution in [0.15, 0.2) is 0 Å². The van der Waals surface area contributed by atoms with E-state index < -0.39 is 0 Å². The SMILES string of the molecule is CC(C)NCc1nc(C(C)C)n2c1CCCC2. The van der Waals surface area contributed by atoms with Crippen LogP contribution in [0.4, 0.5) is 0 Å². The number of nitrogens with one attached hydrogen (secondary N) is 1. The van der Waals surface area contributed by atoms with E-state index >= 15 is 0 Å². The molecule has 17 heavy (non-hydrogen) atoms. The maximum absolute atomic E-state index is 4.86. The Kier molecular flexibility index (Phi) is 3.87. The molecule has 2 heterocycles. The molecule has 2 rings (SSSR count). The second kappa shape index (κ2) is 5.21. The average Bonchev–Trinajstić information content (AvgIpc) is 2.65. The normalized spacial score (nSPS) is 15.6. The molecule has 0 fully saturated rings. The lowest BCUT2D eigenvalue weighted by atomic mass is 10.1. The fraction of sp³-hybridized carbons (Fsp3) is 0.786. The molecule has 96 valence electrons. The molecule has 1 aliphatic rings. The van der Waals surface area contributed by atoms with E-state index in [0.717, 1.165) is 13.1 Å². The number of nitrogens with zero attached hydrogens (tertiary/aromatic N) is 2. The summed E-state index contributed by atoms with van der Waals surface area (Å²) in [6.07, 6.45) is 3.83. The Labute approximate surface area is 105 Å². The van der Waals surface area contributed by atoms with E-state index in [4.69, 9.17) is 4.98 Å². The largest absolute Gasteiger partial charge is 0.332 e. The molecule has 1 N–H and O–H groups in total. The first-order valence-electron chi connectivity index (χ1n) is 6.91. The van der Waals surface area contributed by atoms with Gasteiger partial charge in [-0.3, -0.25) is 0 Å². The Balaban J connectivity index is 2.26. The van der Waals surface area contributed by atoms with Gasteiger partial charge in [-0.25, -0.2) is 4.98 Å². The fourth-order valence-electron chi connectivity index (χ4n) is 2.53. The zero-order chi connectivity index (χ0) is 12.4. The van der Waals surface area contributed by atoms with Crippen LogP contribution in [0, 0.1) is 0 Å². The highest BCUT2D eigenvalue weighted by molar-refractivity contribution is 5.20. The third-order valence-electron chi connectivity index (χ3n) is 3.42. The van der Waals surface area contributed by atoms with Gasteiger partial charge in [0.05, 0.1) is 5.69 Å². The second-order valence-corrected chi connectivity index (χ2v) is 5.66. The molecule has 0 saturated heterocycles. The molecule has 3 nitrogen and oxygen atoms in total. The first kappa shape index (κ1) is 12.6. The molecule has 1 aliphatic heterocycles. The first-order chi connectivity index (χ1) is 8.09. The lowest BCUT2D eigenvalue weighted by Crippen LogP contribution is -2.23. The zero-order valence-corrected chi connectivity index (χ0v) is 11.6. The van der Waals surface area contributed by atoms with Crippen LogP contribution < -0.4 is 5.32 Å². The number of fused-ring (bicyclic) bond motifs is 1. The van der Waals surface area contributed by atoms with Crippen LogP contribution >= 0.6 is 0 Å². The van der Waals surface area contributed by atoms with Gasteiger partial charge in [0.2, 0.25) is 0 Å². The van der Waals surface area contributed by atoms with Crippen molar-refractivity contribution in [2.24, 2.45) is 0 Å². The average molecular weight is 235 g/mol. The summed E-state index contributed by atoms with van der Waals surface area (Å²) >= 11 is 0. The topological polar surface area (TPSA) is 29.9 Å². The molecule has 0 aliphatic carbocycles. The molecule has 0 unspecified atom stereocenters. The number of rotatable bonds is 4. The summed E-state index contributed by atoms with van der Waals surface area (Å²) < 4.78 is 2.46. The minimum atomic E-state index is 0.526. The highest BCUT2D eigenvalue weighted by Gasteiger charge is 2.21. The van der Waals surface area contributed by atoms with Gasteiger partial charge in [-0.2, -0.15) is 0 Å². The van der Waals surface area contributed by atoms with E-state index in [2.05, 4.69) is 37.6 Å². The molecule has 0 radical (unpaired) electrons. The van der Waals surface area contributed by atoms with Gasteiger partial charge in [-0.05, 0) is 19.3 Å². The standard InChI is InChI=1S/C14H25N3/c1-10(2)14-16-12(9-15-11(3)4)13-7-5-6-8-17(13)14/h10-11,15H,5-9H2,1-4H3. The molecule has 0 atom stereocenters. The summed E-state index contributed by atoms with van der Waals surface area (Å²) in [5, 5.41) is 3.49. The van der Waals surface area contributed by atoms with Crippen molar-refractivity contribution in [3.63, 3.8) is 0 Å². The minimum absolute atomic E-state index is 0.526. The number of hydrogen-bond acceptors (Lipinski definition) is 2. The Morgan fingerprint density at radius 3 is 2.65 bits per heavy atom. The molecule has 0 spiro atoms. The monoisotopic (exact) mass is 235 g/mol. The smallest absolute Gasteiger partial charge is 0.111 e. The lowest BCUT2D eigenvalue weighted by molar-refractivity contribution is 0.500. The van der Waals surface area contributed by atoms with E-state index in [9.17, 15) is 0 Å². The van der Waals surface area contributed by atoms with Crippen LogP contribution in [0.25, 0.3) is 0 Å². The van der Waals surface area contributed by atoms with Crippen LogP contribution in [-0.4, -0.2) is 15.6 Å². The van der Waals surface area contributed by atoms with Crippen molar-refractivity contribution < 1.29 is 0 Å². The van der Waals surface area contributed by atoms with Crippen molar-refractivity contribution >= 4 is 0 Å². The molecule has 0 bridgehead atoms. The quantitative estimate of drug-likeness (QED) is 0.869. The van der Waals surface area contributed by atoms with Crippen molar-refractivity contribution in [1.29, 1.82) is 0 Å². The van der Waals surface area contributed by atoms with Crippen molar-refractivity contribution in [1.82, 2.24) is 14.9 Å². The van der Waals surface area contributed by atoms with Crippen molar-refractivity contribution in [2.75, 3.05) is 0 Å². The Bertz CT molecular complexity index is 377. The van der Waals surface area contributed by atoms with Gasteiger partial charge in [0.15, 0.2) is 0 Å². The van der Waals surface area contributed by atoms with Crippen LogP contribution in [0.3, 0.4) is 0 Å². The van der Waals surface area contributed by atoms with Crippen molar-refractivity contribution in [3.8, 4) is 0 Å². The van der Waals surface area contributed by atoms with E-state index in [-0.39, 0.29) is 0 Å². The summed E-state index contributed by atoms with van der Waals surface area (Å²) in [4.78, 5) is 4.86. The van der Waals surface area contributed by atoms with Gasteiger partial charge >= 0.3 is 0 Å². The molecule has 0 saturated carbocycles. The van der Waals surface area contributed by atoms with E-state index in [1.165, 1.54) is 36.5 Å². The van der Waals surface area contributed by atoms with Gasteiger partial charge in [0.1, 0.15) is 5.82 Å². The van der Waals surface area contributed by atoms with E-state index in [1.807, 2.05) is 0 Å². The Morgan fingerprint density at radius 1 is 1.24 bits per heavy atom. The predicted molar refractivity (Wildman–Crippen MR) is 71.2 cm³/mol. The summed E-state index contributed by atoms with van der Waals surface area (Å²) in [5.74, 6) is 1.81. The molecule has 1 aromatic rings. The summed E-state index contributed by atoms with van der Waals surface area (Å²) in [6, 6.07) is 0.526. The molecular formula is C14H25N3. The van der Waals surface area contributed by atoms with Crippen LogP contribution in [0.1, 0.15) is 63.7 Å². The van der Waals surface area contributed by atoms with Crippen LogP contribution in [0.5, 0.6) is 0 Å².